The molecule has 0 spiro atoms. The van der Waals surface area contributed by atoms with Crippen molar-refractivity contribution in [3.63, 3.8) is 0 Å². The summed E-state index contributed by atoms with van der Waals surface area (Å²) in [6, 6.07) is 25.3. The van der Waals surface area contributed by atoms with Crippen LogP contribution in [0.1, 0.15) is 24.1 Å². The van der Waals surface area contributed by atoms with E-state index in [2.05, 4.69) is 5.16 Å². The Morgan fingerprint density at radius 3 is 2.36 bits per heavy atom. The molecule has 3 aliphatic heterocycles. The van der Waals surface area contributed by atoms with E-state index < -0.39 is 47.9 Å². The molecule has 4 heterocycles. The lowest BCUT2D eigenvalue weighted by Crippen LogP contribution is -2.53. The molecule has 3 aromatic carbocycles. The van der Waals surface area contributed by atoms with Crippen LogP contribution in [0.5, 0.6) is 11.5 Å². The molecule has 0 radical (unpaired) electrons. The van der Waals surface area contributed by atoms with Gasteiger partial charge in [0, 0.05) is 12.5 Å². The number of oxime groups is 1. The van der Waals surface area contributed by atoms with Crippen LogP contribution >= 0.6 is 0 Å². The molecule has 0 bridgehead atoms. The zero-order chi connectivity index (χ0) is 32.1. The molecule has 1 unspecified atom stereocenters. The zero-order valence-electron chi connectivity index (χ0n) is 25.6. The Bertz CT molecular complexity index is 1920. The zero-order valence-corrected chi connectivity index (χ0v) is 25.6. The van der Waals surface area contributed by atoms with E-state index in [0.29, 0.717) is 23.6 Å². The highest BCUT2D eigenvalue weighted by Gasteiger charge is 2.61. The first-order chi connectivity index (χ1) is 23.0. The number of aliphatic hydroxyl groups is 1. The number of methoxy groups -OCH3 is 1. The average molecular weight is 639 g/mol. The summed E-state index contributed by atoms with van der Waals surface area (Å²) in [6.07, 6.45) is 1.20. The van der Waals surface area contributed by atoms with Gasteiger partial charge in [0.2, 0.25) is 0 Å². The fourth-order valence-electron chi connectivity index (χ4n) is 6.96. The number of benzene rings is 3. The molecule has 8 rings (SSSR count). The van der Waals surface area contributed by atoms with E-state index in [0.717, 1.165) is 15.9 Å². The molecule has 12 heteroatoms. The predicted octanol–water partition coefficient (Wildman–Crippen LogP) is 3.03. The van der Waals surface area contributed by atoms with Crippen molar-refractivity contribution in [1.82, 2.24) is 13.9 Å². The quantitative estimate of drug-likeness (QED) is 0.177. The second-order valence-corrected chi connectivity index (χ2v) is 12.1. The van der Waals surface area contributed by atoms with Gasteiger partial charge in [0.25, 0.3) is 0 Å². The summed E-state index contributed by atoms with van der Waals surface area (Å²) in [5.41, 5.74) is 1.13. The monoisotopic (exact) mass is 638 g/mol. The number of para-hydroxylation sites is 1. The number of nitrogens with zero attached hydrogens (tertiary/aromatic N) is 4. The molecule has 47 heavy (non-hydrogen) atoms. The van der Waals surface area contributed by atoms with Crippen LogP contribution in [0.15, 0.2) is 112 Å². The minimum Gasteiger partial charge on any atom is -0.497 e. The van der Waals surface area contributed by atoms with Crippen molar-refractivity contribution < 1.29 is 28.9 Å². The Hall–Kier alpha value is -4.91. The summed E-state index contributed by atoms with van der Waals surface area (Å²) >= 11 is 0. The van der Waals surface area contributed by atoms with Crippen molar-refractivity contribution in [2.24, 2.45) is 11.1 Å². The van der Waals surface area contributed by atoms with Gasteiger partial charge in [0.1, 0.15) is 54.7 Å². The molecule has 8 atom stereocenters. The first-order valence-corrected chi connectivity index (χ1v) is 15.7. The lowest BCUT2D eigenvalue weighted by molar-refractivity contribution is -0.0882. The maximum atomic E-state index is 13.7. The van der Waals surface area contributed by atoms with Crippen LogP contribution in [-0.2, 0) is 20.9 Å². The number of hydrogen-bond donors (Lipinski definition) is 1. The molecule has 12 nitrogen and oxygen atoms in total. The van der Waals surface area contributed by atoms with Gasteiger partial charge in [-0.15, -0.1) is 0 Å². The minimum atomic E-state index is -0.986. The van der Waals surface area contributed by atoms with E-state index >= 15 is 0 Å². The molecule has 0 amide bonds. The predicted molar refractivity (Wildman–Crippen MR) is 170 cm³/mol. The summed E-state index contributed by atoms with van der Waals surface area (Å²) < 4.78 is 27.8. The molecule has 1 N–H and O–H groups in total. The highest BCUT2D eigenvalue weighted by molar-refractivity contribution is 5.94. The average Bonchev–Trinajstić information content (AvgIpc) is 3.88. The van der Waals surface area contributed by atoms with Crippen molar-refractivity contribution in [2.75, 3.05) is 13.7 Å². The fraction of sp³-hybridized carbons (Fsp3) is 0.343. The van der Waals surface area contributed by atoms with Gasteiger partial charge in [-0.1, -0.05) is 59.8 Å². The Labute approximate surface area is 269 Å². The van der Waals surface area contributed by atoms with Crippen molar-refractivity contribution in [3.8, 4) is 17.2 Å². The molecular formula is C35H34N4O8. The number of epoxide rings is 1. The molecule has 4 aromatic rings. The molecule has 1 saturated carbocycles. The van der Waals surface area contributed by atoms with Crippen LogP contribution in [0.3, 0.4) is 0 Å². The number of aromatic nitrogens is 3. The number of hydrogen-bond acceptors (Lipinski definition) is 9. The van der Waals surface area contributed by atoms with E-state index in [1.807, 2.05) is 72.8 Å². The third kappa shape index (κ3) is 5.28. The maximum absolute atomic E-state index is 13.7. The second kappa shape index (κ2) is 12.0. The summed E-state index contributed by atoms with van der Waals surface area (Å²) in [6.45, 7) is 0.357. The van der Waals surface area contributed by atoms with E-state index in [4.69, 9.17) is 23.8 Å². The molecule has 4 aliphatic rings. The van der Waals surface area contributed by atoms with E-state index in [-0.39, 0.29) is 25.2 Å². The Morgan fingerprint density at radius 1 is 0.894 bits per heavy atom. The van der Waals surface area contributed by atoms with Crippen LogP contribution in [0.25, 0.3) is 5.69 Å². The van der Waals surface area contributed by atoms with E-state index in [9.17, 15) is 14.7 Å². The molecule has 1 aromatic heterocycles. The highest BCUT2D eigenvalue weighted by atomic mass is 16.7. The van der Waals surface area contributed by atoms with Gasteiger partial charge in [-0.3, -0.25) is 0 Å². The van der Waals surface area contributed by atoms with Gasteiger partial charge in [-0.25, -0.2) is 23.5 Å². The third-order valence-corrected chi connectivity index (χ3v) is 9.34. The maximum Gasteiger partial charge on any atom is 0.352 e. The summed E-state index contributed by atoms with van der Waals surface area (Å²) in [4.78, 5) is 33.1. The Balaban J connectivity index is 1.05. The Kier molecular flexibility index (Phi) is 7.55. The number of ether oxygens (including phenoxy) is 4. The van der Waals surface area contributed by atoms with Gasteiger partial charge in [0.05, 0.1) is 24.6 Å². The van der Waals surface area contributed by atoms with Crippen molar-refractivity contribution in [3.05, 3.63) is 124 Å². The standard InChI is InChI=1S/C35H34N4O8/c1-43-23-12-14-24(15-13-23)45-27-17-16-26(21-8-4-2-5-9-21)46-28(27)20-44-36-29-25-18-19-37-34(41)38(22-10-6-3-7-11-22)35(42)39(37)30(25)31(40)33-32(29)47-33/h2-17,25-28,30-33,40H,18-20H2,1H3/b36-29-/t25-,26+,27+,28-,30-,31+,32-,33?/m1/s1. The van der Waals surface area contributed by atoms with Crippen molar-refractivity contribution >= 4 is 5.71 Å². The largest absolute Gasteiger partial charge is 0.497 e. The normalized spacial score (nSPS) is 29.8. The smallest absolute Gasteiger partial charge is 0.352 e. The summed E-state index contributed by atoms with van der Waals surface area (Å²) in [5, 5.41) is 15.9. The van der Waals surface area contributed by atoms with Crippen LogP contribution in [0.2, 0.25) is 0 Å². The lowest BCUT2D eigenvalue weighted by Gasteiger charge is -2.38. The third-order valence-electron chi connectivity index (χ3n) is 9.34. The summed E-state index contributed by atoms with van der Waals surface area (Å²) in [5.74, 6) is 1.01. The van der Waals surface area contributed by atoms with E-state index in [1.165, 1.54) is 9.36 Å². The Morgan fingerprint density at radius 2 is 1.62 bits per heavy atom. The number of rotatable bonds is 8. The van der Waals surface area contributed by atoms with Crippen LogP contribution in [0.4, 0.5) is 0 Å². The van der Waals surface area contributed by atoms with Crippen molar-refractivity contribution in [1.29, 1.82) is 0 Å². The van der Waals surface area contributed by atoms with Crippen LogP contribution in [-0.4, -0.2) is 69.0 Å². The number of aliphatic hydroxyl groups excluding tert-OH is 1. The minimum absolute atomic E-state index is 0.0738. The fourth-order valence-corrected chi connectivity index (χ4v) is 6.96. The van der Waals surface area contributed by atoms with Gasteiger partial charge in [-0.05, 0) is 54.5 Å². The van der Waals surface area contributed by atoms with Gasteiger partial charge in [0.15, 0.2) is 0 Å². The van der Waals surface area contributed by atoms with Crippen LogP contribution in [0, 0.1) is 5.92 Å². The van der Waals surface area contributed by atoms with Gasteiger partial charge < -0.3 is 28.9 Å². The van der Waals surface area contributed by atoms with Crippen LogP contribution < -0.4 is 20.9 Å². The first kappa shape index (κ1) is 29.5. The summed E-state index contributed by atoms with van der Waals surface area (Å²) in [7, 11) is 1.61. The molecule has 1 saturated heterocycles. The lowest BCUT2D eigenvalue weighted by atomic mass is 9.78. The highest BCUT2D eigenvalue weighted by Crippen LogP contribution is 2.46. The first-order valence-electron chi connectivity index (χ1n) is 15.7. The number of fused-ring (bicyclic) bond motifs is 4. The van der Waals surface area contributed by atoms with Crippen molar-refractivity contribution in [2.45, 2.75) is 55.6 Å². The van der Waals surface area contributed by atoms with Gasteiger partial charge in [-0.2, -0.15) is 0 Å². The molecule has 242 valence electrons. The SMILES string of the molecule is COc1ccc(O[C@H]2C=C[C@@H](c3ccccc3)O[C@@H]2CO/N=C2\[C@H]3OC3[C@@H](O)[C@H]3[C@@H]2CCn2c(=O)n(-c4ccccc4)c(=O)n23)cc1. The molecular weight excluding hydrogens is 604 g/mol. The molecule has 2 fully saturated rings. The van der Waals surface area contributed by atoms with Gasteiger partial charge >= 0.3 is 11.4 Å². The molecule has 1 aliphatic carbocycles. The topological polar surface area (TPSA) is 131 Å². The second-order valence-electron chi connectivity index (χ2n) is 12.1. The van der Waals surface area contributed by atoms with E-state index in [1.54, 1.807) is 31.4 Å².